The lowest BCUT2D eigenvalue weighted by Gasteiger charge is -2.08. The lowest BCUT2D eigenvalue weighted by Crippen LogP contribution is -2.29. The highest BCUT2D eigenvalue weighted by atomic mass is 16.5. The van der Waals surface area contributed by atoms with Crippen molar-refractivity contribution in [3.05, 3.63) is 59.7 Å². The molecule has 0 atom stereocenters. The van der Waals surface area contributed by atoms with Crippen LogP contribution in [-0.2, 0) is 4.79 Å². The maximum atomic E-state index is 12.3. The molecule has 0 saturated heterocycles. The average Bonchev–Trinajstić information content (AvgIpc) is 3.50. The number of carboxylic acid groups (broad SMARTS) is 1. The summed E-state index contributed by atoms with van der Waals surface area (Å²) in [5.74, 6) is -0.461. The molecule has 7 nitrogen and oxygen atoms in total. The number of aliphatic carboxylic acids is 1. The smallest absolute Gasteiger partial charge is 0.322 e. The molecule has 2 amide bonds. The van der Waals surface area contributed by atoms with Crippen LogP contribution >= 0.6 is 0 Å². The van der Waals surface area contributed by atoms with Crippen LogP contribution in [0.4, 0.5) is 5.69 Å². The number of carbonyl (C=O) groups is 3. The van der Waals surface area contributed by atoms with Crippen molar-refractivity contribution in [1.29, 1.82) is 0 Å². The first kappa shape index (κ1) is 18.4. The largest absolute Gasteiger partial charge is 0.493 e. The minimum atomic E-state index is -1.11. The molecular formula is C20H20N2O5. The first-order valence-corrected chi connectivity index (χ1v) is 8.65. The molecule has 1 fully saturated rings. The fourth-order valence-corrected chi connectivity index (χ4v) is 2.37. The Kier molecular flexibility index (Phi) is 5.71. The average molecular weight is 368 g/mol. The molecule has 3 N–H and O–H groups in total. The number of ether oxygens (including phenoxy) is 1. The topological polar surface area (TPSA) is 105 Å². The van der Waals surface area contributed by atoms with Gasteiger partial charge in [0.2, 0.25) is 0 Å². The molecule has 2 aromatic carbocycles. The predicted octanol–water partition coefficient (Wildman–Crippen LogP) is 2.54. The van der Waals surface area contributed by atoms with Gasteiger partial charge in [-0.3, -0.25) is 14.4 Å². The molecule has 0 aliphatic heterocycles. The van der Waals surface area contributed by atoms with E-state index in [0.717, 1.165) is 12.4 Å². The van der Waals surface area contributed by atoms with Crippen molar-refractivity contribution in [3.63, 3.8) is 0 Å². The number of hydrogen-bond acceptors (Lipinski definition) is 4. The van der Waals surface area contributed by atoms with Gasteiger partial charge in [0.1, 0.15) is 12.3 Å². The third-order valence-electron chi connectivity index (χ3n) is 4.10. The minimum Gasteiger partial charge on any atom is -0.493 e. The van der Waals surface area contributed by atoms with Crippen molar-refractivity contribution in [2.75, 3.05) is 18.5 Å². The maximum Gasteiger partial charge on any atom is 0.322 e. The van der Waals surface area contributed by atoms with Gasteiger partial charge in [0, 0.05) is 16.8 Å². The second-order valence-electron chi connectivity index (χ2n) is 6.39. The molecule has 1 saturated carbocycles. The van der Waals surface area contributed by atoms with Crippen LogP contribution in [0.5, 0.6) is 5.75 Å². The molecule has 0 radical (unpaired) electrons. The first-order valence-electron chi connectivity index (χ1n) is 8.65. The zero-order valence-corrected chi connectivity index (χ0v) is 14.6. The molecular weight excluding hydrogens is 348 g/mol. The van der Waals surface area contributed by atoms with E-state index in [-0.39, 0.29) is 5.91 Å². The van der Waals surface area contributed by atoms with Crippen LogP contribution in [0, 0.1) is 5.92 Å². The monoisotopic (exact) mass is 368 g/mol. The summed E-state index contributed by atoms with van der Waals surface area (Å²) in [4.78, 5) is 34.5. The van der Waals surface area contributed by atoms with Crippen LogP contribution in [0.25, 0.3) is 0 Å². The van der Waals surface area contributed by atoms with Gasteiger partial charge in [-0.05, 0) is 67.3 Å². The molecule has 3 rings (SSSR count). The van der Waals surface area contributed by atoms with E-state index in [0.29, 0.717) is 22.7 Å². The van der Waals surface area contributed by atoms with E-state index in [4.69, 9.17) is 9.84 Å². The van der Waals surface area contributed by atoms with E-state index in [9.17, 15) is 14.4 Å². The summed E-state index contributed by atoms with van der Waals surface area (Å²) in [6, 6.07) is 13.1. The lowest BCUT2D eigenvalue weighted by atomic mass is 10.1. The Morgan fingerprint density at radius 2 is 1.52 bits per heavy atom. The van der Waals surface area contributed by atoms with E-state index in [1.165, 1.54) is 25.0 Å². The fourth-order valence-electron chi connectivity index (χ4n) is 2.37. The summed E-state index contributed by atoms with van der Waals surface area (Å²) in [5.41, 5.74) is 1.34. The summed E-state index contributed by atoms with van der Waals surface area (Å²) in [6.07, 6.45) is 2.45. The Balaban J connectivity index is 1.53. The minimum absolute atomic E-state index is 0.271. The number of anilines is 1. The molecule has 2 aromatic rings. The summed E-state index contributed by atoms with van der Waals surface area (Å²) < 4.78 is 5.65. The summed E-state index contributed by atoms with van der Waals surface area (Å²) >= 11 is 0. The number of nitrogens with one attached hydrogen (secondary N) is 2. The molecule has 7 heteroatoms. The molecule has 140 valence electrons. The molecule has 0 heterocycles. The van der Waals surface area contributed by atoms with E-state index in [2.05, 4.69) is 10.6 Å². The number of amides is 2. The van der Waals surface area contributed by atoms with Gasteiger partial charge in [0.15, 0.2) is 0 Å². The second-order valence-corrected chi connectivity index (χ2v) is 6.39. The van der Waals surface area contributed by atoms with Gasteiger partial charge in [0.25, 0.3) is 11.8 Å². The molecule has 1 aliphatic rings. The predicted molar refractivity (Wildman–Crippen MR) is 99.0 cm³/mol. The SMILES string of the molecule is O=C(O)CNC(=O)c1ccc(NC(=O)c2ccc(OCC3CC3)cc2)cc1. The quantitative estimate of drug-likeness (QED) is 0.664. The number of benzene rings is 2. The zero-order chi connectivity index (χ0) is 19.2. The third kappa shape index (κ3) is 5.57. The van der Waals surface area contributed by atoms with Crippen molar-refractivity contribution >= 4 is 23.5 Å². The Bertz CT molecular complexity index is 826. The van der Waals surface area contributed by atoms with Crippen LogP contribution in [0.2, 0.25) is 0 Å². The number of rotatable bonds is 8. The van der Waals surface area contributed by atoms with Gasteiger partial charge in [-0.25, -0.2) is 0 Å². The van der Waals surface area contributed by atoms with Crippen molar-refractivity contribution in [2.24, 2.45) is 5.92 Å². The van der Waals surface area contributed by atoms with Gasteiger partial charge < -0.3 is 20.5 Å². The van der Waals surface area contributed by atoms with Crippen LogP contribution in [-0.4, -0.2) is 36.0 Å². The van der Waals surface area contributed by atoms with E-state index < -0.39 is 18.4 Å². The number of carbonyl (C=O) groups excluding carboxylic acids is 2. The maximum absolute atomic E-state index is 12.3. The van der Waals surface area contributed by atoms with Crippen molar-refractivity contribution in [1.82, 2.24) is 5.32 Å². The number of carboxylic acids is 1. The van der Waals surface area contributed by atoms with Crippen molar-refractivity contribution in [3.8, 4) is 5.75 Å². The summed E-state index contributed by atoms with van der Waals surface area (Å²) in [5, 5.41) is 13.6. The molecule has 0 spiro atoms. The molecule has 0 bridgehead atoms. The van der Waals surface area contributed by atoms with Crippen LogP contribution in [0.3, 0.4) is 0 Å². The zero-order valence-electron chi connectivity index (χ0n) is 14.6. The highest BCUT2D eigenvalue weighted by Gasteiger charge is 2.21. The first-order chi connectivity index (χ1) is 13.0. The van der Waals surface area contributed by atoms with Gasteiger partial charge in [-0.1, -0.05) is 0 Å². The molecule has 0 aromatic heterocycles. The normalized spacial score (nSPS) is 12.9. The fraction of sp³-hybridized carbons (Fsp3) is 0.250. The Morgan fingerprint density at radius 1 is 0.926 bits per heavy atom. The van der Waals surface area contributed by atoms with Gasteiger partial charge in [-0.2, -0.15) is 0 Å². The van der Waals surface area contributed by atoms with Gasteiger partial charge in [-0.15, -0.1) is 0 Å². The number of hydrogen-bond donors (Lipinski definition) is 3. The van der Waals surface area contributed by atoms with Crippen LogP contribution in [0.1, 0.15) is 33.6 Å². The van der Waals surface area contributed by atoms with Crippen LogP contribution in [0.15, 0.2) is 48.5 Å². The van der Waals surface area contributed by atoms with E-state index >= 15 is 0 Å². The Labute approximate surface area is 156 Å². The Morgan fingerprint density at radius 3 is 2.11 bits per heavy atom. The molecule has 1 aliphatic carbocycles. The van der Waals surface area contributed by atoms with Crippen molar-refractivity contribution < 1.29 is 24.2 Å². The highest BCUT2D eigenvalue weighted by molar-refractivity contribution is 6.04. The Hall–Kier alpha value is -3.35. The third-order valence-corrected chi connectivity index (χ3v) is 4.10. The van der Waals surface area contributed by atoms with Gasteiger partial charge >= 0.3 is 5.97 Å². The molecule has 27 heavy (non-hydrogen) atoms. The second kappa shape index (κ2) is 8.35. The highest BCUT2D eigenvalue weighted by Crippen LogP contribution is 2.29. The lowest BCUT2D eigenvalue weighted by molar-refractivity contribution is -0.135. The van der Waals surface area contributed by atoms with E-state index in [1.54, 1.807) is 36.4 Å². The van der Waals surface area contributed by atoms with Crippen molar-refractivity contribution in [2.45, 2.75) is 12.8 Å². The standard InChI is InChI=1S/C20H20N2O5/c23-18(24)11-21-19(25)14-3-7-16(8-4-14)22-20(26)15-5-9-17(10-6-15)27-12-13-1-2-13/h3-10,13H,1-2,11-12H2,(H,21,25)(H,22,26)(H,23,24). The van der Waals surface area contributed by atoms with Crippen LogP contribution < -0.4 is 15.4 Å². The molecule has 0 unspecified atom stereocenters. The van der Waals surface area contributed by atoms with Gasteiger partial charge in [0.05, 0.1) is 6.61 Å². The summed E-state index contributed by atoms with van der Waals surface area (Å²) in [7, 11) is 0. The summed E-state index contributed by atoms with van der Waals surface area (Å²) in [6.45, 7) is 0.273. The van der Waals surface area contributed by atoms with E-state index in [1.807, 2.05) is 0 Å².